The van der Waals surface area contributed by atoms with Gasteiger partial charge in [0.15, 0.2) is 0 Å². The molecule has 0 unspecified atom stereocenters. The van der Waals surface area contributed by atoms with Crippen molar-refractivity contribution in [2.45, 2.75) is 32.7 Å². The molecular weight excluding hydrogens is 164 g/mol. The molecule has 0 spiro atoms. The number of hydrogen-bond donors (Lipinski definition) is 0. The highest BCUT2D eigenvalue weighted by molar-refractivity contribution is 4.78. The van der Waals surface area contributed by atoms with E-state index in [1.54, 1.807) is 7.11 Å². The first kappa shape index (κ1) is 12.4. The molecule has 0 heterocycles. The highest BCUT2D eigenvalue weighted by atomic mass is 16.5. The molecule has 13 heavy (non-hydrogen) atoms. The molecule has 0 aliphatic rings. The van der Waals surface area contributed by atoms with Gasteiger partial charge < -0.3 is 4.74 Å². The number of hydrogen-bond acceptors (Lipinski definition) is 3. The topological polar surface area (TPSA) is 36.3 Å². The second-order valence-corrected chi connectivity index (χ2v) is 3.42. The maximum absolute atomic E-state index is 8.57. The third-order valence-electron chi connectivity index (χ3n) is 2.05. The third-order valence-corrected chi connectivity index (χ3v) is 2.05. The fraction of sp³-hybridized carbons (Fsp3) is 0.900. The zero-order chi connectivity index (χ0) is 10.1. The number of rotatable bonds is 7. The Labute approximate surface area is 81.3 Å². The molecule has 0 aliphatic carbocycles. The van der Waals surface area contributed by atoms with E-state index in [2.05, 4.69) is 24.8 Å². The summed E-state index contributed by atoms with van der Waals surface area (Å²) in [5, 5.41) is 8.57. The Balaban J connectivity index is 3.52. The standard InChI is InChI=1S/C10H20N2O/c1-10(2)12(8-6-11)7-4-5-9-13-3/h10H,4-5,7-9H2,1-3H3. The molecule has 76 valence electrons. The zero-order valence-corrected chi connectivity index (χ0v) is 8.92. The van der Waals surface area contributed by atoms with Crippen LogP contribution in [-0.4, -0.2) is 37.7 Å². The minimum absolute atomic E-state index is 0.460. The lowest BCUT2D eigenvalue weighted by molar-refractivity contribution is 0.180. The van der Waals surface area contributed by atoms with Crippen molar-refractivity contribution in [3.8, 4) is 6.07 Å². The van der Waals surface area contributed by atoms with Gasteiger partial charge in [-0.25, -0.2) is 0 Å². The van der Waals surface area contributed by atoms with Crippen molar-refractivity contribution in [2.75, 3.05) is 26.8 Å². The Morgan fingerprint density at radius 2 is 2.08 bits per heavy atom. The molecule has 3 nitrogen and oxygen atoms in total. The van der Waals surface area contributed by atoms with Gasteiger partial charge in [0.2, 0.25) is 0 Å². The van der Waals surface area contributed by atoms with E-state index in [0.29, 0.717) is 12.6 Å². The molecule has 0 atom stereocenters. The van der Waals surface area contributed by atoms with Gasteiger partial charge in [0.05, 0.1) is 12.6 Å². The van der Waals surface area contributed by atoms with E-state index in [0.717, 1.165) is 26.0 Å². The third kappa shape index (κ3) is 6.56. The fourth-order valence-corrected chi connectivity index (χ4v) is 1.17. The lowest BCUT2D eigenvalue weighted by Gasteiger charge is -2.22. The van der Waals surface area contributed by atoms with Crippen molar-refractivity contribution in [1.82, 2.24) is 4.90 Å². The first-order valence-electron chi connectivity index (χ1n) is 4.82. The van der Waals surface area contributed by atoms with Crippen molar-refractivity contribution < 1.29 is 4.74 Å². The van der Waals surface area contributed by atoms with Crippen molar-refractivity contribution >= 4 is 0 Å². The summed E-state index contributed by atoms with van der Waals surface area (Å²) < 4.78 is 4.96. The molecule has 0 saturated carbocycles. The highest BCUT2D eigenvalue weighted by Crippen LogP contribution is 2.00. The molecule has 0 aromatic rings. The van der Waals surface area contributed by atoms with Crippen LogP contribution in [0.3, 0.4) is 0 Å². The lowest BCUT2D eigenvalue weighted by atomic mass is 10.2. The molecule has 0 aromatic carbocycles. The van der Waals surface area contributed by atoms with E-state index >= 15 is 0 Å². The van der Waals surface area contributed by atoms with Crippen LogP contribution in [-0.2, 0) is 4.74 Å². The SMILES string of the molecule is COCCCCN(CC#N)C(C)C. The molecule has 3 heteroatoms. The molecule has 0 saturated heterocycles. The molecule has 0 bridgehead atoms. The first-order chi connectivity index (χ1) is 6.22. The van der Waals surface area contributed by atoms with Crippen LogP contribution < -0.4 is 0 Å². The van der Waals surface area contributed by atoms with Crippen molar-refractivity contribution in [2.24, 2.45) is 0 Å². The number of unbranched alkanes of at least 4 members (excludes halogenated alkanes) is 1. The van der Waals surface area contributed by atoms with Gasteiger partial charge in [0.1, 0.15) is 0 Å². The molecule has 0 N–H and O–H groups in total. The van der Waals surface area contributed by atoms with Crippen LogP contribution in [0.15, 0.2) is 0 Å². The second kappa shape index (κ2) is 8.03. The summed E-state index contributed by atoms with van der Waals surface area (Å²) in [6.07, 6.45) is 2.18. The molecule has 0 amide bonds. The maximum atomic E-state index is 8.57. The highest BCUT2D eigenvalue weighted by Gasteiger charge is 2.07. The van der Waals surface area contributed by atoms with Crippen LogP contribution in [0, 0.1) is 11.3 Å². The minimum Gasteiger partial charge on any atom is -0.385 e. The van der Waals surface area contributed by atoms with Crippen LogP contribution in [0.25, 0.3) is 0 Å². The lowest BCUT2D eigenvalue weighted by Crippen LogP contribution is -2.32. The molecule has 0 rings (SSSR count). The average Bonchev–Trinajstić information content (AvgIpc) is 2.10. The summed E-state index contributed by atoms with van der Waals surface area (Å²) in [7, 11) is 1.72. The van der Waals surface area contributed by atoms with Crippen LogP contribution in [0.4, 0.5) is 0 Å². The largest absolute Gasteiger partial charge is 0.385 e. The van der Waals surface area contributed by atoms with Gasteiger partial charge in [-0.2, -0.15) is 5.26 Å². The van der Waals surface area contributed by atoms with E-state index in [9.17, 15) is 0 Å². The smallest absolute Gasteiger partial charge is 0.0868 e. The fourth-order valence-electron chi connectivity index (χ4n) is 1.17. The van der Waals surface area contributed by atoms with Gasteiger partial charge in [-0.15, -0.1) is 0 Å². The monoisotopic (exact) mass is 184 g/mol. The summed E-state index contributed by atoms with van der Waals surface area (Å²) in [5.74, 6) is 0. The molecule has 0 fully saturated rings. The van der Waals surface area contributed by atoms with Gasteiger partial charge in [-0.1, -0.05) is 0 Å². The maximum Gasteiger partial charge on any atom is 0.0868 e. The van der Waals surface area contributed by atoms with Crippen LogP contribution >= 0.6 is 0 Å². The quantitative estimate of drug-likeness (QED) is 0.446. The van der Waals surface area contributed by atoms with Crippen molar-refractivity contribution in [3.63, 3.8) is 0 Å². The van der Waals surface area contributed by atoms with Gasteiger partial charge >= 0.3 is 0 Å². The number of ether oxygens (including phenoxy) is 1. The van der Waals surface area contributed by atoms with Gasteiger partial charge in [0.25, 0.3) is 0 Å². The molecular formula is C10H20N2O. The number of methoxy groups -OCH3 is 1. The normalized spacial score (nSPS) is 10.8. The predicted octanol–water partition coefficient (Wildman–Crippen LogP) is 1.65. The first-order valence-corrected chi connectivity index (χ1v) is 4.82. The van der Waals surface area contributed by atoms with Gasteiger partial charge in [-0.3, -0.25) is 4.90 Å². The summed E-state index contributed by atoms with van der Waals surface area (Å²) in [4.78, 5) is 2.18. The van der Waals surface area contributed by atoms with Crippen LogP contribution in [0.1, 0.15) is 26.7 Å². The summed E-state index contributed by atoms with van der Waals surface area (Å²) >= 11 is 0. The Bertz CT molecular complexity index is 151. The average molecular weight is 184 g/mol. The van der Waals surface area contributed by atoms with E-state index in [1.807, 2.05) is 0 Å². The molecule has 0 radical (unpaired) electrons. The Morgan fingerprint density at radius 3 is 2.54 bits per heavy atom. The second-order valence-electron chi connectivity index (χ2n) is 3.42. The van der Waals surface area contributed by atoms with Crippen LogP contribution in [0.2, 0.25) is 0 Å². The Morgan fingerprint density at radius 1 is 1.38 bits per heavy atom. The van der Waals surface area contributed by atoms with Gasteiger partial charge in [-0.05, 0) is 33.2 Å². The van der Waals surface area contributed by atoms with Crippen molar-refractivity contribution in [1.29, 1.82) is 5.26 Å². The summed E-state index contributed by atoms with van der Waals surface area (Å²) in [6.45, 7) is 6.58. The number of nitrogens with zero attached hydrogens (tertiary/aromatic N) is 2. The molecule has 0 aliphatic heterocycles. The van der Waals surface area contributed by atoms with E-state index in [4.69, 9.17) is 10.00 Å². The molecule has 0 aromatic heterocycles. The minimum atomic E-state index is 0.460. The summed E-state index contributed by atoms with van der Waals surface area (Å²) in [5.41, 5.74) is 0. The van der Waals surface area contributed by atoms with E-state index in [-0.39, 0.29) is 0 Å². The zero-order valence-electron chi connectivity index (χ0n) is 8.92. The Kier molecular flexibility index (Phi) is 7.66. The van der Waals surface area contributed by atoms with E-state index < -0.39 is 0 Å². The summed E-state index contributed by atoms with van der Waals surface area (Å²) in [6, 6.07) is 2.65. The Hall–Kier alpha value is -0.590. The van der Waals surface area contributed by atoms with E-state index in [1.165, 1.54) is 0 Å². The van der Waals surface area contributed by atoms with Gasteiger partial charge in [0, 0.05) is 19.8 Å². The van der Waals surface area contributed by atoms with Crippen molar-refractivity contribution in [3.05, 3.63) is 0 Å². The number of nitriles is 1. The predicted molar refractivity (Wildman–Crippen MR) is 53.4 cm³/mol. The van der Waals surface area contributed by atoms with Crippen LogP contribution in [0.5, 0.6) is 0 Å².